The lowest BCUT2D eigenvalue weighted by molar-refractivity contribution is -0.151. The van der Waals surface area contributed by atoms with Gasteiger partial charge in [0, 0.05) is 5.56 Å². The van der Waals surface area contributed by atoms with E-state index in [1.54, 1.807) is 13.0 Å². The van der Waals surface area contributed by atoms with E-state index < -0.39 is 23.8 Å². The van der Waals surface area contributed by atoms with Crippen molar-refractivity contribution in [2.24, 2.45) is 11.8 Å². The van der Waals surface area contributed by atoms with Crippen LogP contribution in [0.15, 0.2) is 48.6 Å². The molecule has 0 heterocycles. The van der Waals surface area contributed by atoms with Gasteiger partial charge in [0.1, 0.15) is 5.76 Å². The fourth-order valence-electron chi connectivity index (χ4n) is 2.57. The van der Waals surface area contributed by atoms with Gasteiger partial charge < -0.3 is 9.84 Å². The summed E-state index contributed by atoms with van der Waals surface area (Å²) in [5, 5.41) is 9.20. The largest absolute Gasteiger partial charge is 0.481 e. The Kier molecular flexibility index (Phi) is 4.58. The first kappa shape index (κ1) is 15.0. The number of carbonyl (C=O) groups is 2. The fraction of sp³-hybridized carbons (Fsp3) is 0.294. The van der Waals surface area contributed by atoms with E-state index in [1.807, 2.05) is 30.3 Å². The summed E-state index contributed by atoms with van der Waals surface area (Å²) < 4.78 is 5.42. The topological polar surface area (TPSA) is 63.6 Å². The molecule has 1 fully saturated rings. The summed E-state index contributed by atoms with van der Waals surface area (Å²) in [5.74, 6) is -2.43. The quantitative estimate of drug-likeness (QED) is 0.524. The number of hydrogen-bond donors (Lipinski definition) is 1. The smallest absolute Gasteiger partial charge is 0.315 e. The van der Waals surface area contributed by atoms with Gasteiger partial charge in [0.05, 0.1) is 11.8 Å². The van der Waals surface area contributed by atoms with E-state index in [1.165, 1.54) is 0 Å². The molecule has 1 N–H and O–H groups in total. The van der Waals surface area contributed by atoms with Gasteiger partial charge in [-0.3, -0.25) is 9.59 Å². The van der Waals surface area contributed by atoms with E-state index in [2.05, 4.69) is 6.58 Å². The first-order valence-corrected chi connectivity index (χ1v) is 6.85. The van der Waals surface area contributed by atoms with Crippen molar-refractivity contribution < 1.29 is 19.4 Å². The van der Waals surface area contributed by atoms with Gasteiger partial charge in [-0.05, 0) is 25.8 Å². The zero-order valence-electron chi connectivity index (χ0n) is 11.9. The van der Waals surface area contributed by atoms with Gasteiger partial charge >= 0.3 is 11.9 Å². The summed E-state index contributed by atoms with van der Waals surface area (Å²) in [6, 6.07) is 9.25. The van der Waals surface area contributed by atoms with Crippen molar-refractivity contribution in [3.05, 3.63) is 54.1 Å². The van der Waals surface area contributed by atoms with Gasteiger partial charge in [-0.15, -0.1) is 0 Å². The molecule has 110 valence electrons. The SMILES string of the molecule is C=C1C[C@H](C(=O)O/C(=C/C)c2ccccc2)[C@H](C(=O)O)C1. The van der Waals surface area contributed by atoms with Crippen LogP contribution in [0.3, 0.4) is 0 Å². The molecule has 0 spiro atoms. The molecule has 0 aromatic heterocycles. The Morgan fingerprint density at radius 3 is 2.43 bits per heavy atom. The number of carbonyl (C=O) groups excluding carboxylic acids is 1. The van der Waals surface area contributed by atoms with Crippen LogP contribution >= 0.6 is 0 Å². The number of aliphatic carboxylic acids is 1. The van der Waals surface area contributed by atoms with Gasteiger partial charge in [0.25, 0.3) is 0 Å². The van der Waals surface area contributed by atoms with Gasteiger partial charge in [-0.1, -0.05) is 42.5 Å². The normalized spacial score (nSPS) is 22.1. The number of rotatable bonds is 4. The van der Waals surface area contributed by atoms with Crippen molar-refractivity contribution in [3.63, 3.8) is 0 Å². The summed E-state index contributed by atoms with van der Waals surface area (Å²) in [4.78, 5) is 23.5. The molecule has 1 aromatic rings. The molecule has 0 bridgehead atoms. The number of carboxylic acids is 1. The van der Waals surface area contributed by atoms with Crippen LogP contribution in [0.1, 0.15) is 25.3 Å². The molecule has 2 rings (SSSR count). The Balaban J connectivity index is 2.13. The first-order valence-electron chi connectivity index (χ1n) is 6.85. The lowest BCUT2D eigenvalue weighted by Gasteiger charge is -2.16. The molecule has 21 heavy (non-hydrogen) atoms. The van der Waals surface area contributed by atoms with Crippen molar-refractivity contribution >= 4 is 17.7 Å². The maximum absolute atomic E-state index is 12.3. The van der Waals surface area contributed by atoms with Crippen molar-refractivity contribution in [2.75, 3.05) is 0 Å². The molecule has 0 saturated heterocycles. The number of esters is 1. The number of allylic oxidation sites excluding steroid dienone is 2. The monoisotopic (exact) mass is 286 g/mol. The lowest BCUT2D eigenvalue weighted by atomic mass is 9.96. The predicted octanol–water partition coefficient (Wildman–Crippen LogP) is 3.26. The average Bonchev–Trinajstić information content (AvgIpc) is 2.88. The Hall–Kier alpha value is -2.36. The molecule has 0 amide bonds. The third-order valence-electron chi connectivity index (χ3n) is 3.65. The van der Waals surface area contributed by atoms with Crippen LogP contribution < -0.4 is 0 Å². The van der Waals surface area contributed by atoms with Crippen molar-refractivity contribution in [1.29, 1.82) is 0 Å². The molecule has 2 atom stereocenters. The van der Waals surface area contributed by atoms with Crippen LogP contribution in [0.2, 0.25) is 0 Å². The summed E-state index contributed by atoms with van der Waals surface area (Å²) in [7, 11) is 0. The fourth-order valence-corrected chi connectivity index (χ4v) is 2.57. The molecule has 1 saturated carbocycles. The van der Waals surface area contributed by atoms with Crippen LogP contribution in [0, 0.1) is 11.8 Å². The minimum absolute atomic E-state index is 0.339. The van der Waals surface area contributed by atoms with E-state index in [4.69, 9.17) is 4.74 Å². The third kappa shape index (κ3) is 3.40. The highest BCUT2D eigenvalue weighted by Crippen LogP contribution is 2.37. The number of benzene rings is 1. The zero-order valence-corrected chi connectivity index (χ0v) is 11.9. The molecule has 0 aliphatic heterocycles. The molecule has 4 nitrogen and oxygen atoms in total. The first-order chi connectivity index (χ1) is 10.0. The molecule has 0 unspecified atom stereocenters. The van der Waals surface area contributed by atoms with Crippen LogP contribution in [-0.2, 0) is 14.3 Å². The molecular formula is C17H18O4. The summed E-state index contributed by atoms with van der Waals surface area (Å²) in [6.07, 6.45) is 2.42. The molecule has 1 aliphatic carbocycles. The second-order valence-corrected chi connectivity index (χ2v) is 5.15. The number of hydrogen-bond acceptors (Lipinski definition) is 3. The van der Waals surface area contributed by atoms with Crippen molar-refractivity contribution in [1.82, 2.24) is 0 Å². The highest BCUT2D eigenvalue weighted by Gasteiger charge is 2.41. The summed E-state index contributed by atoms with van der Waals surface area (Å²) in [6.45, 7) is 5.57. The Morgan fingerprint density at radius 1 is 1.24 bits per heavy atom. The maximum atomic E-state index is 12.3. The van der Waals surface area contributed by atoms with E-state index >= 15 is 0 Å². The Morgan fingerprint density at radius 2 is 1.86 bits per heavy atom. The second kappa shape index (κ2) is 6.39. The highest BCUT2D eigenvalue weighted by molar-refractivity contribution is 5.86. The van der Waals surface area contributed by atoms with Gasteiger partial charge in [-0.2, -0.15) is 0 Å². The number of carboxylic acid groups (broad SMARTS) is 1. The Bertz CT molecular complexity index is 586. The molecular weight excluding hydrogens is 268 g/mol. The van der Waals surface area contributed by atoms with Crippen molar-refractivity contribution in [3.8, 4) is 0 Å². The molecule has 1 aromatic carbocycles. The molecule has 4 heteroatoms. The molecule has 0 radical (unpaired) electrons. The number of ether oxygens (including phenoxy) is 1. The predicted molar refractivity (Wildman–Crippen MR) is 79.2 cm³/mol. The van der Waals surface area contributed by atoms with Crippen LogP contribution in [0.25, 0.3) is 5.76 Å². The van der Waals surface area contributed by atoms with Gasteiger partial charge in [-0.25, -0.2) is 0 Å². The van der Waals surface area contributed by atoms with Crippen LogP contribution in [0.4, 0.5) is 0 Å². The van der Waals surface area contributed by atoms with Crippen LogP contribution in [-0.4, -0.2) is 17.0 Å². The van der Waals surface area contributed by atoms with Gasteiger partial charge in [0.2, 0.25) is 0 Å². The second-order valence-electron chi connectivity index (χ2n) is 5.15. The van der Waals surface area contributed by atoms with E-state index in [0.29, 0.717) is 18.6 Å². The standard InChI is InChI=1S/C17H18O4/c1-3-15(12-7-5-4-6-8-12)21-17(20)14-10-11(2)9-13(14)16(18)19/h3-8,13-14H,2,9-10H2,1H3,(H,18,19)/b15-3+/t13-,14+/m1/s1. The Labute approximate surface area is 123 Å². The van der Waals surface area contributed by atoms with Gasteiger partial charge in [0.15, 0.2) is 0 Å². The third-order valence-corrected chi connectivity index (χ3v) is 3.65. The average molecular weight is 286 g/mol. The summed E-state index contributed by atoms with van der Waals surface area (Å²) >= 11 is 0. The van der Waals surface area contributed by atoms with Crippen molar-refractivity contribution in [2.45, 2.75) is 19.8 Å². The minimum atomic E-state index is -0.975. The maximum Gasteiger partial charge on any atom is 0.315 e. The highest BCUT2D eigenvalue weighted by atomic mass is 16.5. The zero-order chi connectivity index (χ0) is 15.4. The lowest BCUT2D eigenvalue weighted by Crippen LogP contribution is -2.26. The van der Waals surface area contributed by atoms with E-state index in [0.717, 1.165) is 11.1 Å². The minimum Gasteiger partial charge on any atom is -0.481 e. The van der Waals surface area contributed by atoms with E-state index in [9.17, 15) is 14.7 Å². The van der Waals surface area contributed by atoms with E-state index in [-0.39, 0.29) is 0 Å². The van der Waals surface area contributed by atoms with Crippen LogP contribution in [0.5, 0.6) is 0 Å². The summed E-state index contributed by atoms with van der Waals surface area (Å²) in [5.41, 5.74) is 1.57. The molecule has 1 aliphatic rings.